The Hall–Kier alpha value is -2.89. The molecular formula is C15H13NO5. The third-order valence-electron chi connectivity index (χ3n) is 2.83. The van der Waals surface area contributed by atoms with Gasteiger partial charge in [-0.05, 0) is 24.3 Å². The molecule has 1 aromatic heterocycles. The Balaban J connectivity index is 2.32. The zero-order valence-corrected chi connectivity index (χ0v) is 11.5. The van der Waals surface area contributed by atoms with Crippen molar-refractivity contribution in [2.45, 2.75) is 6.92 Å². The van der Waals surface area contributed by atoms with Crippen molar-refractivity contribution in [1.29, 1.82) is 0 Å². The molecule has 1 heterocycles. The monoisotopic (exact) mass is 287 g/mol. The average Bonchev–Trinajstić information content (AvgIpc) is 2.95. The Morgan fingerprint density at radius 3 is 2.76 bits per heavy atom. The predicted octanol–water partition coefficient (Wildman–Crippen LogP) is 3.37. The Kier molecular flexibility index (Phi) is 4.18. The molecule has 0 atom stereocenters. The number of hydrogen-bond donors (Lipinski definition) is 0. The van der Waals surface area contributed by atoms with Crippen molar-refractivity contribution in [1.82, 2.24) is 0 Å². The first-order valence-electron chi connectivity index (χ1n) is 6.12. The van der Waals surface area contributed by atoms with Gasteiger partial charge in [0.15, 0.2) is 0 Å². The Morgan fingerprint density at radius 1 is 1.33 bits per heavy atom. The van der Waals surface area contributed by atoms with Crippen LogP contribution in [0.25, 0.3) is 17.4 Å². The Morgan fingerprint density at radius 2 is 2.10 bits per heavy atom. The summed E-state index contributed by atoms with van der Waals surface area (Å²) in [6.07, 6.45) is 1.34. The summed E-state index contributed by atoms with van der Waals surface area (Å²) < 4.78 is 10.2. The van der Waals surface area contributed by atoms with Gasteiger partial charge >= 0.3 is 5.97 Å². The van der Waals surface area contributed by atoms with Crippen LogP contribution in [0.4, 0.5) is 0 Å². The van der Waals surface area contributed by atoms with Crippen molar-refractivity contribution >= 4 is 12.0 Å². The minimum absolute atomic E-state index is 0.0146. The summed E-state index contributed by atoms with van der Waals surface area (Å²) in [5.74, 6) is 0.457. The average molecular weight is 287 g/mol. The molecule has 0 aliphatic carbocycles. The highest BCUT2D eigenvalue weighted by molar-refractivity contribution is 5.90. The van der Waals surface area contributed by atoms with E-state index in [1.807, 2.05) is 0 Å². The fourth-order valence-corrected chi connectivity index (χ4v) is 1.76. The molecule has 0 aliphatic heterocycles. The molecule has 1 aromatic carbocycles. The minimum Gasteiger partial charge on any atom is -0.465 e. The third-order valence-corrected chi connectivity index (χ3v) is 2.83. The first kappa shape index (κ1) is 14.5. The zero-order chi connectivity index (χ0) is 15.4. The third kappa shape index (κ3) is 3.36. The number of esters is 1. The van der Waals surface area contributed by atoms with Crippen LogP contribution in [-0.2, 0) is 4.74 Å². The molecule has 21 heavy (non-hydrogen) atoms. The molecule has 0 bridgehead atoms. The first-order valence-corrected chi connectivity index (χ1v) is 6.12. The number of carbonyl (C=O) groups is 1. The molecule has 0 amide bonds. The molecule has 0 saturated carbocycles. The summed E-state index contributed by atoms with van der Waals surface area (Å²) in [4.78, 5) is 21.6. The maximum atomic E-state index is 11.5. The van der Waals surface area contributed by atoms with Crippen molar-refractivity contribution in [3.63, 3.8) is 0 Å². The van der Waals surface area contributed by atoms with E-state index in [2.05, 4.69) is 4.74 Å². The van der Waals surface area contributed by atoms with E-state index < -0.39 is 10.9 Å². The number of carbonyl (C=O) groups excluding carboxylic acids is 1. The second kappa shape index (κ2) is 6.04. The Labute approximate surface area is 120 Å². The van der Waals surface area contributed by atoms with Crippen molar-refractivity contribution in [2.75, 3.05) is 7.11 Å². The van der Waals surface area contributed by atoms with E-state index in [1.165, 1.54) is 20.1 Å². The molecule has 0 fully saturated rings. The number of methoxy groups -OCH3 is 1. The van der Waals surface area contributed by atoms with E-state index in [0.717, 1.165) is 0 Å². The van der Waals surface area contributed by atoms with E-state index in [0.29, 0.717) is 22.6 Å². The number of ether oxygens (including phenoxy) is 1. The van der Waals surface area contributed by atoms with Crippen LogP contribution in [0.3, 0.4) is 0 Å². The van der Waals surface area contributed by atoms with Gasteiger partial charge in [-0.15, -0.1) is 0 Å². The zero-order valence-electron chi connectivity index (χ0n) is 11.5. The van der Waals surface area contributed by atoms with E-state index in [9.17, 15) is 14.9 Å². The Bertz CT molecular complexity index is 714. The summed E-state index contributed by atoms with van der Waals surface area (Å²) in [5, 5.41) is 10.6. The fourth-order valence-electron chi connectivity index (χ4n) is 1.76. The van der Waals surface area contributed by atoms with E-state index >= 15 is 0 Å². The van der Waals surface area contributed by atoms with Crippen molar-refractivity contribution in [3.8, 4) is 11.3 Å². The number of furan rings is 1. The molecule has 0 saturated heterocycles. The van der Waals surface area contributed by atoms with Gasteiger partial charge in [0.2, 0.25) is 5.70 Å². The lowest BCUT2D eigenvalue weighted by molar-refractivity contribution is -0.422. The molecular weight excluding hydrogens is 274 g/mol. The summed E-state index contributed by atoms with van der Waals surface area (Å²) in [6, 6.07) is 10.1. The molecule has 108 valence electrons. The number of benzene rings is 1. The highest BCUT2D eigenvalue weighted by atomic mass is 16.6. The van der Waals surface area contributed by atoms with Gasteiger partial charge in [-0.1, -0.05) is 12.1 Å². The topological polar surface area (TPSA) is 82.6 Å². The molecule has 2 rings (SSSR count). The number of nitro groups is 1. The maximum Gasteiger partial charge on any atom is 0.337 e. The lowest BCUT2D eigenvalue weighted by Gasteiger charge is -2.01. The molecule has 0 N–H and O–H groups in total. The van der Waals surface area contributed by atoms with E-state index in [4.69, 9.17) is 4.42 Å². The fraction of sp³-hybridized carbons (Fsp3) is 0.133. The van der Waals surface area contributed by atoms with E-state index in [-0.39, 0.29) is 5.70 Å². The SMILES string of the molecule is COC(=O)c1cccc(-c2ccc(/C=C(\C)[N+](=O)[O-])o2)c1. The van der Waals surface area contributed by atoms with Crippen molar-refractivity contribution in [2.24, 2.45) is 0 Å². The summed E-state index contributed by atoms with van der Waals surface area (Å²) >= 11 is 0. The van der Waals surface area contributed by atoms with Gasteiger partial charge in [-0.3, -0.25) is 10.1 Å². The van der Waals surface area contributed by atoms with Crippen LogP contribution in [-0.4, -0.2) is 18.0 Å². The normalized spacial score (nSPS) is 11.2. The van der Waals surface area contributed by atoms with Crippen LogP contribution in [0, 0.1) is 10.1 Å². The summed E-state index contributed by atoms with van der Waals surface area (Å²) in [5.41, 5.74) is 1.08. The predicted molar refractivity (Wildman–Crippen MR) is 76.1 cm³/mol. The van der Waals surface area contributed by atoms with Crippen LogP contribution in [0.2, 0.25) is 0 Å². The van der Waals surface area contributed by atoms with Gasteiger partial charge in [0.25, 0.3) is 0 Å². The highest BCUT2D eigenvalue weighted by Gasteiger charge is 2.10. The summed E-state index contributed by atoms with van der Waals surface area (Å²) in [7, 11) is 1.31. The van der Waals surface area contributed by atoms with Gasteiger partial charge in [0.1, 0.15) is 11.5 Å². The largest absolute Gasteiger partial charge is 0.465 e. The summed E-state index contributed by atoms with van der Waals surface area (Å²) in [6.45, 7) is 1.39. The smallest absolute Gasteiger partial charge is 0.337 e. The minimum atomic E-state index is -0.486. The second-order valence-corrected chi connectivity index (χ2v) is 4.32. The van der Waals surface area contributed by atoms with Gasteiger partial charge in [0.05, 0.1) is 23.7 Å². The van der Waals surface area contributed by atoms with Crippen molar-refractivity contribution in [3.05, 3.63) is 63.5 Å². The van der Waals surface area contributed by atoms with Crippen LogP contribution in [0.5, 0.6) is 0 Å². The molecule has 2 aromatic rings. The van der Waals surface area contributed by atoms with Gasteiger partial charge in [-0.25, -0.2) is 4.79 Å². The van der Waals surface area contributed by atoms with E-state index in [1.54, 1.807) is 36.4 Å². The molecule has 0 unspecified atom stereocenters. The van der Waals surface area contributed by atoms with Crippen LogP contribution < -0.4 is 0 Å². The van der Waals surface area contributed by atoms with Crippen LogP contribution in [0.1, 0.15) is 23.0 Å². The van der Waals surface area contributed by atoms with Gasteiger partial charge < -0.3 is 9.15 Å². The van der Waals surface area contributed by atoms with Crippen LogP contribution >= 0.6 is 0 Å². The number of rotatable bonds is 4. The lowest BCUT2D eigenvalue weighted by Crippen LogP contribution is -2.00. The number of hydrogen-bond acceptors (Lipinski definition) is 5. The molecule has 6 nitrogen and oxygen atoms in total. The molecule has 0 aliphatic rings. The second-order valence-electron chi connectivity index (χ2n) is 4.32. The molecule has 6 heteroatoms. The quantitative estimate of drug-likeness (QED) is 0.489. The maximum absolute atomic E-state index is 11.5. The molecule has 0 spiro atoms. The first-order chi connectivity index (χ1) is 10.0. The highest BCUT2D eigenvalue weighted by Crippen LogP contribution is 2.24. The molecule has 0 radical (unpaired) electrons. The number of nitrogens with zero attached hydrogens (tertiary/aromatic N) is 1. The van der Waals surface area contributed by atoms with Gasteiger partial charge in [-0.2, -0.15) is 0 Å². The van der Waals surface area contributed by atoms with Gasteiger partial charge in [0, 0.05) is 12.5 Å². The van der Waals surface area contributed by atoms with Crippen LogP contribution in [0.15, 0.2) is 46.5 Å². The van der Waals surface area contributed by atoms with Crippen molar-refractivity contribution < 1.29 is 18.9 Å². The number of allylic oxidation sites excluding steroid dienone is 1. The standard InChI is InChI=1S/C15H13NO5/c1-10(16(18)19)8-13-6-7-14(21-13)11-4-3-5-12(9-11)15(17)20-2/h3-9H,1-2H3/b10-8+. The lowest BCUT2D eigenvalue weighted by atomic mass is 10.1.